The van der Waals surface area contributed by atoms with Crippen LogP contribution in [-0.4, -0.2) is 10.7 Å². The van der Waals surface area contributed by atoms with Crippen LogP contribution in [0.3, 0.4) is 0 Å². The van der Waals surface area contributed by atoms with E-state index in [0.717, 1.165) is 19.3 Å². The molecule has 0 spiro atoms. The first kappa shape index (κ1) is 17.8. The maximum absolute atomic E-state index is 10.4. The molecule has 0 radical (unpaired) electrons. The highest BCUT2D eigenvalue weighted by Crippen LogP contribution is 2.27. The first-order valence-corrected chi connectivity index (χ1v) is 6.41. The lowest BCUT2D eigenvalue weighted by atomic mass is 9.86. The van der Waals surface area contributed by atoms with E-state index in [9.17, 15) is 5.11 Å². The Morgan fingerprint density at radius 3 is 1.20 bits per heavy atom. The normalized spacial score (nSPS) is 11.2. The van der Waals surface area contributed by atoms with Gasteiger partial charge in [0.1, 0.15) is 0 Å². The summed E-state index contributed by atoms with van der Waals surface area (Å²) in [4.78, 5) is 0. The fraction of sp³-hybridized carbons (Fsp3) is 1.00. The second-order valence-electron chi connectivity index (χ2n) is 4.54. The van der Waals surface area contributed by atoms with Gasteiger partial charge in [-0.2, -0.15) is 9.90 Å². The van der Waals surface area contributed by atoms with Crippen LogP contribution in [0.4, 0.5) is 0 Å². The van der Waals surface area contributed by atoms with E-state index in [4.69, 9.17) is 0 Å². The molecule has 2 heteroatoms. The van der Waals surface area contributed by atoms with Crippen molar-refractivity contribution in [3.05, 3.63) is 0 Å². The Hall–Kier alpha value is 0.390. The second kappa shape index (κ2) is 10.9. The Balaban J connectivity index is 0. The van der Waals surface area contributed by atoms with Gasteiger partial charge < -0.3 is 5.11 Å². The van der Waals surface area contributed by atoms with Crippen LogP contribution >= 0.6 is 9.90 Å². The van der Waals surface area contributed by atoms with E-state index in [2.05, 4.69) is 20.8 Å². The van der Waals surface area contributed by atoms with Gasteiger partial charge in [-0.25, -0.2) is 0 Å². The Kier molecular flexibility index (Phi) is 12.9. The lowest BCUT2D eigenvalue weighted by molar-refractivity contribution is 0.00830. The van der Waals surface area contributed by atoms with E-state index in [1.54, 1.807) is 0 Å². The second-order valence-corrected chi connectivity index (χ2v) is 4.54. The lowest BCUT2D eigenvalue weighted by Gasteiger charge is -2.28. The summed E-state index contributed by atoms with van der Waals surface area (Å²) < 4.78 is 0. The molecular formula is C13H31OP. The molecule has 1 N–H and O–H groups in total. The molecule has 0 aromatic carbocycles. The first-order valence-electron chi connectivity index (χ1n) is 6.41. The zero-order valence-corrected chi connectivity index (χ0v) is 12.4. The highest BCUT2D eigenvalue weighted by atomic mass is 31.0. The summed E-state index contributed by atoms with van der Waals surface area (Å²) in [6.07, 6.45) is 10.1. The third kappa shape index (κ3) is 9.33. The van der Waals surface area contributed by atoms with Crippen LogP contribution in [0.1, 0.15) is 78.6 Å². The highest BCUT2D eigenvalue weighted by Gasteiger charge is 2.24. The smallest absolute Gasteiger partial charge is 0.0647 e. The van der Waals surface area contributed by atoms with Crippen LogP contribution in [0, 0.1) is 0 Å². The quantitative estimate of drug-likeness (QED) is 0.588. The van der Waals surface area contributed by atoms with Crippen LogP contribution in [0.15, 0.2) is 0 Å². The average molecular weight is 234 g/mol. The molecule has 0 aromatic heterocycles. The molecule has 0 aliphatic rings. The van der Waals surface area contributed by atoms with Gasteiger partial charge in [0.25, 0.3) is 0 Å². The van der Waals surface area contributed by atoms with Crippen molar-refractivity contribution in [3.8, 4) is 0 Å². The molecule has 0 amide bonds. The minimum absolute atomic E-state index is 0. The fourth-order valence-corrected chi connectivity index (χ4v) is 1.89. The van der Waals surface area contributed by atoms with Crippen molar-refractivity contribution in [1.29, 1.82) is 0 Å². The molecule has 1 unspecified atom stereocenters. The van der Waals surface area contributed by atoms with E-state index in [-0.39, 0.29) is 15.5 Å². The van der Waals surface area contributed by atoms with E-state index in [1.165, 1.54) is 38.5 Å². The molecule has 0 fully saturated rings. The zero-order valence-electron chi connectivity index (χ0n) is 11.0. The average Bonchev–Trinajstić information content (AvgIpc) is 2.21. The molecule has 94 valence electrons. The topological polar surface area (TPSA) is 20.2 Å². The van der Waals surface area contributed by atoms with Crippen LogP contribution < -0.4 is 0 Å². The monoisotopic (exact) mass is 234 g/mol. The maximum atomic E-state index is 10.4. The van der Waals surface area contributed by atoms with Gasteiger partial charge in [-0.1, -0.05) is 59.3 Å². The standard InChI is InChI=1S/C13H28O.H3P/c1-4-7-10-13(14,11-8-5-2)12-9-6-3;/h14H,4-12H2,1-3H3;1H3. The first-order chi connectivity index (χ1) is 6.68. The molecule has 0 aliphatic heterocycles. The molecule has 0 rings (SSSR count). The summed E-state index contributed by atoms with van der Waals surface area (Å²) >= 11 is 0. The molecular weight excluding hydrogens is 203 g/mol. The molecule has 0 saturated carbocycles. The van der Waals surface area contributed by atoms with Gasteiger partial charge in [-0.3, -0.25) is 0 Å². The van der Waals surface area contributed by atoms with Gasteiger partial charge in [0, 0.05) is 0 Å². The van der Waals surface area contributed by atoms with Crippen molar-refractivity contribution >= 4 is 9.90 Å². The lowest BCUT2D eigenvalue weighted by Crippen LogP contribution is -2.28. The van der Waals surface area contributed by atoms with Crippen molar-refractivity contribution in [2.75, 3.05) is 0 Å². The molecule has 15 heavy (non-hydrogen) atoms. The summed E-state index contributed by atoms with van der Waals surface area (Å²) in [5, 5.41) is 10.4. The number of hydrogen-bond acceptors (Lipinski definition) is 1. The summed E-state index contributed by atoms with van der Waals surface area (Å²) in [6, 6.07) is 0. The highest BCUT2D eigenvalue weighted by molar-refractivity contribution is 6.92. The minimum Gasteiger partial charge on any atom is -0.390 e. The molecule has 0 aromatic rings. The summed E-state index contributed by atoms with van der Waals surface area (Å²) in [5.41, 5.74) is -0.345. The summed E-state index contributed by atoms with van der Waals surface area (Å²) in [5.74, 6) is 0. The molecule has 1 nitrogen and oxygen atoms in total. The SMILES string of the molecule is CCCCC(O)(CCCC)CCCC.P. The molecule has 0 saturated heterocycles. The van der Waals surface area contributed by atoms with Crippen LogP contribution in [0.5, 0.6) is 0 Å². The third-order valence-corrected chi connectivity index (χ3v) is 2.99. The zero-order chi connectivity index (χ0) is 10.9. The number of unbranched alkanes of at least 4 members (excludes halogenated alkanes) is 3. The predicted molar refractivity (Wildman–Crippen MR) is 74.6 cm³/mol. The van der Waals surface area contributed by atoms with Gasteiger partial charge >= 0.3 is 0 Å². The Bertz CT molecular complexity index is 104. The maximum Gasteiger partial charge on any atom is 0.0647 e. The van der Waals surface area contributed by atoms with Gasteiger partial charge in [-0.05, 0) is 19.3 Å². The largest absolute Gasteiger partial charge is 0.390 e. The van der Waals surface area contributed by atoms with E-state index < -0.39 is 0 Å². The molecule has 0 aliphatic carbocycles. The predicted octanol–water partition coefficient (Wildman–Crippen LogP) is 4.35. The molecule has 0 bridgehead atoms. The fourth-order valence-electron chi connectivity index (χ4n) is 1.89. The van der Waals surface area contributed by atoms with Crippen molar-refractivity contribution < 1.29 is 5.11 Å². The van der Waals surface area contributed by atoms with E-state index in [0.29, 0.717) is 0 Å². The summed E-state index contributed by atoms with van der Waals surface area (Å²) in [7, 11) is 0. The number of rotatable bonds is 9. The van der Waals surface area contributed by atoms with Crippen LogP contribution in [-0.2, 0) is 0 Å². The van der Waals surface area contributed by atoms with E-state index >= 15 is 0 Å². The molecule has 1 atom stereocenters. The van der Waals surface area contributed by atoms with Gasteiger partial charge in [-0.15, -0.1) is 0 Å². The Morgan fingerprint density at radius 2 is 1.00 bits per heavy atom. The van der Waals surface area contributed by atoms with Crippen molar-refractivity contribution in [2.45, 2.75) is 84.2 Å². The van der Waals surface area contributed by atoms with Crippen LogP contribution in [0.2, 0.25) is 0 Å². The van der Waals surface area contributed by atoms with E-state index in [1.807, 2.05) is 0 Å². The van der Waals surface area contributed by atoms with Gasteiger partial charge in [0.15, 0.2) is 0 Å². The number of hydrogen-bond donors (Lipinski definition) is 1. The molecule has 0 heterocycles. The van der Waals surface area contributed by atoms with Gasteiger partial charge in [0.05, 0.1) is 5.60 Å². The number of aliphatic hydroxyl groups is 1. The van der Waals surface area contributed by atoms with Crippen LogP contribution in [0.25, 0.3) is 0 Å². The Labute approximate surface area is 99.7 Å². The Morgan fingerprint density at radius 1 is 0.733 bits per heavy atom. The third-order valence-electron chi connectivity index (χ3n) is 2.99. The van der Waals surface area contributed by atoms with Crippen molar-refractivity contribution in [2.24, 2.45) is 0 Å². The van der Waals surface area contributed by atoms with Crippen molar-refractivity contribution in [3.63, 3.8) is 0 Å². The van der Waals surface area contributed by atoms with Crippen molar-refractivity contribution in [1.82, 2.24) is 0 Å². The minimum atomic E-state index is -0.345. The van der Waals surface area contributed by atoms with Gasteiger partial charge in [0.2, 0.25) is 0 Å². The summed E-state index contributed by atoms with van der Waals surface area (Å²) in [6.45, 7) is 6.58.